The van der Waals surface area contributed by atoms with Gasteiger partial charge in [-0.3, -0.25) is 24.1 Å². The second kappa shape index (κ2) is 7.75. The molecule has 1 fully saturated rings. The highest BCUT2D eigenvalue weighted by Crippen LogP contribution is 2.24. The Morgan fingerprint density at radius 3 is 2.30 bits per heavy atom. The van der Waals surface area contributed by atoms with E-state index in [2.05, 4.69) is 10.3 Å². The molecule has 2 heterocycles. The Kier molecular flexibility index (Phi) is 4.97. The molecule has 0 radical (unpaired) electrons. The minimum absolute atomic E-state index is 0.179. The van der Waals surface area contributed by atoms with Crippen LogP contribution in [0.5, 0.6) is 0 Å². The van der Waals surface area contributed by atoms with Crippen molar-refractivity contribution in [1.29, 1.82) is 0 Å². The lowest BCUT2D eigenvalue weighted by molar-refractivity contribution is -0.121. The smallest absolute Gasteiger partial charge is 0.255 e. The van der Waals surface area contributed by atoms with Crippen LogP contribution in [0, 0.1) is 0 Å². The molecule has 0 saturated carbocycles. The van der Waals surface area contributed by atoms with Crippen LogP contribution in [-0.4, -0.2) is 33.1 Å². The number of amides is 3. The highest BCUT2D eigenvalue weighted by Gasteiger charge is 2.30. The molecule has 8 nitrogen and oxygen atoms in total. The van der Waals surface area contributed by atoms with Crippen molar-refractivity contribution in [2.45, 2.75) is 12.8 Å². The van der Waals surface area contributed by atoms with Crippen LogP contribution in [0.1, 0.15) is 39.4 Å². The molecular weight excluding hydrogens is 384 g/mol. The molecule has 30 heavy (non-hydrogen) atoms. The van der Waals surface area contributed by atoms with E-state index in [-0.39, 0.29) is 36.3 Å². The molecule has 150 valence electrons. The molecule has 1 aromatic heterocycles. The molecule has 3 amide bonds. The Labute approximate surface area is 172 Å². The molecule has 8 heteroatoms. The molecule has 1 N–H and O–H groups in total. The summed E-state index contributed by atoms with van der Waals surface area (Å²) in [6.07, 6.45) is 3.61. The molecule has 1 aliphatic heterocycles. The zero-order valence-corrected chi connectivity index (χ0v) is 16.2. The Bertz CT molecular complexity index is 1150. The first-order chi connectivity index (χ1) is 14.4. The van der Waals surface area contributed by atoms with Gasteiger partial charge >= 0.3 is 0 Å². The van der Waals surface area contributed by atoms with Gasteiger partial charge in [0.25, 0.3) is 5.91 Å². The van der Waals surface area contributed by atoms with Crippen molar-refractivity contribution in [2.75, 3.05) is 10.2 Å². The summed E-state index contributed by atoms with van der Waals surface area (Å²) in [6, 6.07) is 12.8. The molecule has 3 aromatic rings. The molecule has 0 atom stereocenters. The van der Waals surface area contributed by atoms with Crippen LogP contribution in [0.25, 0.3) is 0 Å². The summed E-state index contributed by atoms with van der Waals surface area (Å²) < 4.78 is 1.64. The zero-order chi connectivity index (χ0) is 21.3. The molecule has 1 aliphatic rings. The number of nitrogens with one attached hydrogen (secondary N) is 1. The molecule has 1 saturated heterocycles. The lowest BCUT2D eigenvalue weighted by Crippen LogP contribution is -2.28. The van der Waals surface area contributed by atoms with Gasteiger partial charge in [-0.2, -0.15) is 0 Å². The fourth-order valence-electron chi connectivity index (χ4n) is 3.27. The van der Waals surface area contributed by atoms with Gasteiger partial charge in [0.05, 0.1) is 5.69 Å². The molecule has 0 spiro atoms. The van der Waals surface area contributed by atoms with Crippen molar-refractivity contribution < 1.29 is 19.2 Å². The lowest BCUT2D eigenvalue weighted by atomic mass is 10.1. The minimum Gasteiger partial charge on any atom is -0.331 e. The van der Waals surface area contributed by atoms with Crippen molar-refractivity contribution in [3.63, 3.8) is 0 Å². The quantitative estimate of drug-likeness (QED) is 0.522. The van der Waals surface area contributed by atoms with Crippen LogP contribution < -0.4 is 10.2 Å². The van der Waals surface area contributed by atoms with Crippen LogP contribution >= 0.6 is 0 Å². The summed E-state index contributed by atoms with van der Waals surface area (Å²) in [7, 11) is 1.74. The average Bonchev–Trinajstić information content (AvgIpc) is 3.32. The fraction of sp³-hybridized carbons (Fsp3) is 0.136. The maximum atomic E-state index is 12.6. The third-order valence-electron chi connectivity index (χ3n) is 4.85. The molecule has 0 aliphatic carbocycles. The van der Waals surface area contributed by atoms with E-state index in [9.17, 15) is 19.2 Å². The summed E-state index contributed by atoms with van der Waals surface area (Å²) >= 11 is 0. The van der Waals surface area contributed by atoms with E-state index in [1.807, 2.05) is 0 Å². The number of hydrogen-bond donors (Lipinski definition) is 1. The van der Waals surface area contributed by atoms with Crippen LogP contribution in [-0.2, 0) is 16.6 Å². The van der Waals surface area contributed by atoms with E-state index in [1.54, 1.807) is 66.5 Å². The summed E-state index contributed by atoms with van der Waals surface area (Å²) in [4.78, 5) is 54.1. The van der Waals surface area contributed by atoms with Crippen LogP contribution in [0.4, 0.5) is 11.4 Å². The SMILES string of the molecule is Cn1ccnc1C(=O)c1ccc(NC(=O)c2cccc(N3C(=O)CCC3=O)c2)cc1. The summed E-state index contributed by atoms with van der Waals surface area (Å²) in [5.41, 5.74) is 1.66. The summed E-state index contributed by atoms with van der Waals surface area (Å²) in [6.45, 7) is 0. The third-order valence-corrected chi connectivity index (χ3v) is 4.85. The fourth-order valence-corrected chi connectivity index (χ4v) is 3.27. The zero-order valence-electron chi connectivity index (χ0n) is 16.2. The predicted molar refractivity (Wildman–Crippen MR) is 109 cm³/mol. The third kappa shape index (κ3) is 3.62. The van der Waals surface area contributed by atoms with Crippen molar-refractivity contribution >= 4 is 34.9 Å². The van der Waals surface area contributed by atoms with Gasteiger partial charge in [0.2, 0.25) is 17.6 Å². The topological polar surface area (TPSA) is 101 Å². The predicted octanol–water partition coefficient (Wildman–Crippen LogP) is 2.56. The van der Waals surface area contributed by atoms with Gasteiger partial charge in [-0.15, -0.1) is 0 Å². The van der Waals surface area contributed by atoms with Crippen LogP contribution in [0.3, 0.4) is 0 Å². The standard InChI is InChI=1S/C22H18N4O4/c1-25-12-11-23-21(25)20(29)14-5-7-16(8-6-14)24-22(30)15-3-2-4-17(13-15)26-18(27)9-10-19(26)28/h2-8,11-13H,9-10H2,1H3,(H,24,30). The first-order valence-corrected chi connectivity index (χ1v) is 9.33. The number of imidazole rings is 1. The number of carbonyl (C=O) groups is 4. The Morgan fingerprint density at radius 1 is 0.967 bits per heavy atom. The normalized spacial score (nSPS) is 13.6. The second-order valence-corrected chi connectivity index (χ2v) is 6.90. The number of aryl methyl sites for hydroxylation is 1. The van der Waals surface area contributed by atoms with Gasteiger partial charge < -0.3 is 9.88 Å². The van der Waals surface area contributed by atoms with Gasteiger partial charge in [0.1, 0.15) is 0 Å². The summed E-state index contributed by atoms with van der Waals surface area (Å²) in [5, 5.41) is 2.75. The van der Waals surface area contributed by atoms with Gasteiger partial charge in [0.15, 0.2) is 5.82 Å². The van der Waals surface area contributed by atoms with E-state index in [0.29, 0.717) is 28.3 Å². The highest BCUT2D eigenvalue weighted by atomic mass is 16.2. The largest absolute Gasteiger partial charge is 0.331 e. The number of rotatable bonds is 5. The second-order valence-electron chi connectivity index (χ2n) is 6.90. The number of ketones is 1. The number of carbonyl (C=O) groups excluding carboxylic acids is 4. The highest BCUT2D eigenvalue weighted by molar-refractivity contribution is 6.20. The first-order valence-electron chi connectivity index (χ1n) is 9.33. The monoisotopic (exact) mass is 402 g/mol. The maximum Gasteiger partial charge on any atom is 0.255 e. The number of aromatic nitrogens is 2. The molecule has 4 rings (SSSR count). The van der Waals surface area contributed by atoms with Gasteiger partial charge in [-0.25, -0.2) is 4.98 Å². The van der Waals surface area contributed by atoms with Crippen molar-refractivity contribution in [1.82, 2.24) is 9.55 Å². The Balaban J connectivity index is 1.49. The molecular formula is C22H18N4O4. The van der Waals surface area contributed by atoms with E-state index in [0.717, 1.165) is 4.90 Å². The van der Waals surface area contributed by atoms with Gasteiger partial charge in [-0.05, 0) is 42.5 Å². The van der Waals surface area contributed by atoms with Crippen LogP contribution in [0.15, 0.2) is 60.9 Å². The van der Waals surface area contributed by atoms with Gasteiger partial charge in [-0.1, -0.05) is 6.07 Å². The molecule has 0 unspecified atom stereocenters. The number of anilines is 2. The van der Waals surface area contributed by atoms with E-state index < -0.39 is 0 Å². The lowest BCUT2D eigenvalue weighted by Gasteiger charge is -2.15. The van der Waals surface area contributed by atoms with Crippen molar-refractivity contribution in [2.24, 2.45) is 7.05 Å². The summed E-state index contributed by atoms with van der Waals surface area (Å²) in [5.74, 6) is -0.821. The van der Waals surface area contributed by atoms with E-state index in [1.165, 1.54) is 6.07 Å². The number of hydrogen-bond acceptors (Lipinski definition) is 5. The number of nitrogens with zero attached hydrogens (tertiary/aromatic N) is 3. The maximum absolute atomic E-state index is 12.6. The Morgan fingerprint density at radius 2 is 1.67 bits per heavy atom. The average molecular weight is 402 g/mol. The molecule has 2 aromatic carbocycles. The minimum atomic E-state index is -0.390. The van der Waals surface area contributed by atoms with Crippen LogP contribution in [0.2, 0.25) is 0 Å². The first kappa shape index (κ1) is 19.3. The van der Waals surface area contributed by atoms with Crippen molar-refractivity contribution in [3.8, 4) is 0 Å². The molecule has 0 bridgehead atoms. The number of imide groups is 1. The number of benzene rings is 2. The van der Waals surface area contributed by atoms with E-state index in [4.69, 9.17) is 0 Å². The Hall–Kier alpha value is -4.07. The van der Waals surface area contributed by atoms with Crippen molar-refractivity contribution in [3.05, 3.63) is 77.9 Å². The van der Waals surface area contributed by atoms with E-state index >= 15 is 0 Å². The van der Waals surface area contributed by atoms with Gasteiger partial charge in [0, 0.05) is 49.1 Å².